The fourth-order valence-electron chi connectivity index (χ4n) is 7.25. The number of hydrogen-bond acceptors (Lipinski definition) is 0. The first kappa shape index (κ1) is 33.7. The third-order valence-corrected chi connectivity index (χ3v) is 9.96. The van der Waals surface area contributed by atoms with Gasteiger partial charge in [0.2, 0.25) is 0 Å². The van der Waals surface area contributed by atoms with Gasteiger partial charge in [0.15, 0.2) is 0 Å². The number of nitrogens with zero attached hydrogens (tertiary/aromatic N) is 2. The topological polar surface area (TPSA) is 0 Å². The number of likely N-dealkylation sites (tertiary alicyclic amines) is 2. The van der Waals surface area contributed by atoms with E-state index in [4.69, 9.17) is 0 Å². The molecule has 0 N–H and O–H groups in total. The summed E-state index contributed by atoms with van der Waals surface area (Å²) in [5.74, 6) is 7.50. The minimum Gasteiger partial charge on any atom is -0.313 e. The lowest BCUT2D eigenvalue weighted by molar-refractivity contribution is -0.911. The zero-order chi connectivity index (χ0) is 27.0. The van der Waals surface area contributed by atoms with E-state index in [1.807, 2.05) is 0 Å². The van der Waals surface area contributed by atoms with E-state index in [1.165, 1.54) is 202 Å². The number of rotatable bonds is 24. The highest BCUT2D eigenvalue weighted by Crippen LogP contribution is 2.23. The molecule has 0 atom stereocenters. The molecule has 2 heterocycles. The van der Waals surface area contributed by atoms with Crippen LogP contribution >= 0.6 is 0 Å². The van der Waals surface area contributed by atoms with Gasteiger partial charge in [-0.15, -0.1) is 0 Å². The fraction of sp³-hybridized carbons (Fsp3) is 0.944. The molecule has 2 fully saturated rings. The Morgan fingerprint density at radius 2 is 0.632 bits per heavy atom. The summed E-state index contributed by atoms with van der Waals surface area (Å²) >= 11 is 0. The molecule has 0 amide bonds. The van der Waals surface area contributed by atoms with Crippen LogP contribution < -0.4 is 0 Å². The monoisotopic (exact) mass is 531 g/mol. The van der Waals surface area contributed by atoms with Crippen molar-refractivity contribution in [3.05, 3.63) is 0 Å². The third-order valence-electron chi connectivity index (χ3n) is 9.96. The van der Waals surface area contributed by atoms with Gasteiger partial charge in [-0.1, -0.05) is 117 Å². The lowest BCUT2D eigenvalue weighted by atomic mass is 10.1. The molecule has 0 aromatic heterocycles. The molecule has 2 heteroatoms. The average Bonchev–Trinajstić information content (AvgIpc) is 3.60. The van der Waals surface area contributed by atoms with Gasteiger partial charge in [0.05, 0.1) is 39.3 Å². The van der Waals surface area contributed by atoms with Crippen molar-refractivity contribution in [3.63, 3.8) is 0 Å². The van der Waals surface area contributed by atoms with Crippen LogP contribution in [0.15, 0.2) is 0 Å². The maximum atomic E-state index is 3.75. The van der Waals surface area contributed by atoms with Crippen LogP contribution in [0.1, 0.15) is 168 Å². The quantitative estimate of drug-likeness (QED) is 0.0661. The first-order chi connectivity index (χ1) is 18.7. The first-order valence-corrected chi connectivity index (χ1v) is 17.9. The van der Waals surface area contributed by atoms with E-state index >= 15 is 0 Å². The zero-order valence-corrected chi connectivity index (χ0v) is 26.5. The van der Waals surface area contributed by atoms with Crippen LogP contribution in [0.4, 0.5) is 0 Å². The molecule has 222 valence electrons. The van der Waals surface area contributed by atoms with Gasteiger partial charge in [-0.2, -0.15) is 0 Å². The minimum absolute atomic E-state index is 1.13. The van der Waals surface area contributed by atoms with Crippen molar-refractivity contribution >= 4 is 0 Å². The van der Waals surface area contributed by atoms with Gasteiger partial charge in [-0.05, 0) is 37.5 Å². The zero-order valence-electron chi connectivity index (χ0n) is 26.5. The summed E-state index contributed by atoms with van der Waals surface area (Å²) in [7, 11) is 0. The van der Waals surface area contributed by atoms with Crippen molar-refractivity contribution in [3.8, 4) is 11.8 Å². The highest BCUT2D eigenvalue weighted by molar-refractivity contribution is 5.00. The van der Waals surface area contributed by atoms with E-state index in [9.17, 15) is 0 Å². The molecular weight excluding hydrogens is 460 g/mol. The van der Waals surface area contributed by atoms with Gasteiger partial charge in [-0.3, -0.25) is 0 Å². The smallest absolute Gasteiger partial charge is 0.141 e. The number of quaternary nitrogens is 2. The van der Waals surface area contributed by atoms with Crippen LogP contribution in [-0.2, 0) is 0 Å². The third kappa shape index (κ3) is 15.3. The summed E-state index contributed by atoms with van der Waals surface area (Å²) in [4.78, 5) is 0. The minimum atomic E-state index is 1.13. The first-order valence-electron chi connectivity index (χ1n) is 17.9. The molecule has 0 unspecified atom stereocenters. The molecule has 2 nitrogen and oxygen atoms in total. The second kappa shape index (κ2) is 22.2. The van der Waals surface area contributed by atoms with E-state index in [1.54, 1.807) is 0 Å². The summed E-state index contributed by atoms with van der Waals surface area (Å²) < 4.78 is 2.64. The second-order valence-corrected chi connectivity index (χ2v) is 13.5. The second-order valence-electron chi connectivity index (χ2n) is 13.5. The molecular formula is C36H70N2+2. The van der Waals surface area contributed by atoms with E-state index < -0.39 is 0 Å². The predicted molar refractivity (Wildman–Crippen MR) is 169 cm³/mol. The van der Waals surface area contributed by atoms with Crippen molar-refractivity contribution in [2.75, 3.05) is 52.4 Å². The lowest BCUT2D eigenvalue weighted by Crippen LogP contribution is -2.47. The van der Waals surface area contributed by atoms with Crippen LogP contribution in [0, 0.1) is 11.8 Å². The maximum Gasteiger partial charge on any atom is 0.141 e. The van der Waals surface area contributed by atoms with Gasteiger partial charge in [0, 0.05) is 25.7 Å². The molecule has 38 heavy (non-hydrogen) atoms. The highest BCUT2D eigenvalue weighted by Gasteiger charge is 2.32. The van der Waals surface area contributed by atoms with Crippen molar-refractivity contribution < 1.29 is 8.97 Å². The SMILES string of the molecule is CCCCCCCCCCCC[N+]1(CC#CC[N+]2(CCCCCCCCCCCC)CCCC2)CCCC1. The Morgan fingerprint density at radius 3 is 0.921 bits per heavy atom. The Hall–Kier alpha value is -0.520. The Labute approximate surface area is 240 Å². The highest BCUT2D eigenvalue weighted by atomic mass is 15.4. The number of hydrogen-bond donors (Lipinski definition) is 0. The Bertz CT molecular complexity index is 538. The summed E-state index contributed by atoms with van der Waals surface area (Å²) in [6.07, 6.45) is 34.6. The van der Waals surface area contributed by atoms with Gasteiger partial charge < -0.3 is 8.97 Å². The van der Waals surface area contributed by atoms with Crippen molar-refractivity contribution in [1.82, 2.24) is 0 Å². The standard InChI is InChI=1S/C36H70N2/c1-3-5-7-9-11-13-15-17-19-21-29-37(31-23-24-32-37)35-27-28-36-38(33-25-26-34-38)30-22-20-18-16-14-12-10-8-6-4-2/h3-26,29-36H2,1-2H3/q+2. The van der Waals surface area contributed by atoms with Crippen LogP contribution in [0.25, 0.3) is 0 Å². The van der Waals surface area contributed by atoms with Gasteiger partial charge in [-0.25, -0.2) is 0 Å². The predicted octanol–water partition coefficient (Wildman–Crippen LogP) is 10.1. The largest absolute Gasteiger partial charge is 0.313 e. The summed E-state index contributed by atoms with van der Waals surface area (Å²) in [5, 5.41) is 0. The normalized spacial score (nSPS) is 18.1. The molecule has 0 aliphatic carbocycles. The molecule has 2 rings (SSSR count). The van der Waals surface area contributed by atoms with Crippen molar-refractivity contribution in [2.45, 2.75) is 168 Å². The molecule has 2 saturated heterocycles. The van der Waals surface area contributed by atoms with Crippen LogP contribution in [0.2, 0.25) is 0 Å². The van der Waals surface area contributed by atoms with Crippen LogP contribution in [-0.4, -0.2) is 61.3 Å². The van der Waals surface area contributed by atoms with Crippen LogP contribution in [0.5, 0.6) is 0 Å². The average molecular weight is 531 g/mol. The molecule has 0 radical (unpaired) electrons. The van der Waals surface area contributed by atoms with Crippen LogP contribution in [0.3, 0.4) is 0 Å². The van der Waals surface area contributed by atoms with Crippen molar-refractivity contribution in [1.29, 1.82) is 0 Å². The Balaban J connectivity index is 1.59. The molecule has 0 saturated carbocycles. The van der Waals surface area contributed by atoms with Crippen molar-refractivity contribution in [2.24, 2.45) is 0 Å². The summed E-state index contributed by atoms with van der Waals surface area (Å²) in [5.41, 5.74) is 0. The number of unbranched alkanes of at least 4 members (excludes halogenated alkanes) is 18. The Kier molecular flexibility index (Phi) is 19.7. The molecule has 0 aromatic carbocycles. The van der Waals surface area contributed by atoms with E-state index in [-0.39, 0.29) is 0 Å². The molecule has 0 bridgehead atoms. The van der Waals surface area contributed by atoms with E-state index in [2.05, 4.69) is 25.7 Å². The molecule has 2 aliphatic rings. The molecule has 0 spiro atoms. The van der Waals surface area contributed by atoms with Gasteiger partial charge in [0.25, 0.3) is 0 Å². The fourth-order valence-corrected chi connectivity index (χ4v) is 7.25. The van der Waals surface area contributed by atoms with E-state index in [0.29, 0.717) is 0 Å². The Morgan fingerprint density at radius 1 is 0.368 bits per heavy atom. The molecule has 0 aromatic rings. The maximum absolute atomic E-state index is 3.75. The molecule has 2 aliphatic heterocycles. The van der Waals surface area contributed by atoms with Gasteiger partial charge in [0.1, 0.15) is 13.1 Å². The van der Waals surface area contributed by atoms with Gasteiger partial charge >= 0.3 is 0 Å². The van der Waals surface area contributed by atoms with E-state index in [0.717, 1.165) is 13.1 Å². The summed E-state index contributed by atoms with van der Waals surface area (Å²) in [6.45, 7) is 15.3. The lowest BCUT2D eigenvalue weighted by Gasteiger charge is -2.33. The summed E-state index contributed by atoms with van der Waals surface area (Å²) in [6, 6.07) is 0.